The highest BCUT2D eigenvalue weighted by atomic mass is 16.3. The predicted octanol–water partition coefficient (Wildman–Crippen LogP) is -0.00530. The van der Waals surface area contributed by atoms with Gasteiger partial charge in [0, 0.05) is 6.61 Å². The molecule has 7 nitrogen and oxygen atoms in total. The van der Waals surface area contributed by atoms with Crippen LogP contribution in [0.15, 0.2) is 12.2 Å². The van der Waals surface area contributed by atoms with E-state index in [0.29, 0.717) is 17.8 Å². The fourth-order valence-corrected chi connectivity index (χ4v) is 7.02. The second kappa shape index (κ2) is 5.74. The summed E-state index contributed by atoms with van der Waals surface area (Å²) in [4.78, 5) is 45.8. The Morgan fingerprint density at radius 2 is 1.41 bits per heavy atom. The quantitative estimate of drug-likeness (QED) is 0.443. The molecule has 0 aromatic rings. The maximum absolute atomic E-state index is 11.5. The Bertz CT molecular complexity index is 776. The molecule has 0 aromatic carbocycles. The van der Waals surface area contributed by atoms with Gasteiger partial charge in [-0.2, -0.15) is 0 Å². The Hall–Kier alpha value is -2.02. The Morgan fingerprint density at radius 3 is 2.07 bits per heavy atom. The third-order valence-electron chi connectivity index (χ3n) is 8.01. The van der Waals surface area contributed by atoms with Gasteiger partial charge in [0.2, 0.25) is 23.6 Å². The minimum Gasteiger partial charge on any atom is -0.396 e. The summed E-state index contributed by atoms with van der Waals surface area (Å²) in [6, 6.07) is 0. The van der Waals surface area contributed by atoms with Gasteiger partial charge in [-0.05, 0) is 55.3 Å². The summed E-state index contributed by atoms with van der Waals surface area (Å²) in [5, 5.41) is 14.0. The van der Waals surface area contributed by atoms with E-state index in [1.165, 1.54) is 5.57 Å². The van der Waals surface area contributed by atoms with Crippen molar-refractivity contribution in [3.8, 4) is 0 Å². The molecule has 4 bridgehead atoms. The summed E-state index contributed by atoms with van der Waals surface area (Å²) in [5.74, 6) is 0.937. The molecule has 0 spiro atoms. The number of aliphatic hydroxyl groups is 1. The van der Waals surface area contributed by atoms with Crippen molar-refractivity contribution >= 4 is 23.6 Å². The van der Waals surface area contributed by atoms with E-state index < -0.39 is 0 Å². The summed E-state index contributed by atoms with van der Waals surface area (Å²) in [6.07, 6.45) is 3.84. The number of rotatable bonds is 1. The molecule has 9 atom stereocenters. The van der Waals surface area contributed by atoms with E-state index in [2.05, 4.69) is 17.2 Å². The summed E-state index contributed by atoms with van der Waals surface area (Å²) < 4.78 is 0. The maximum Gasteiger partial charge on any atom is 0.231 e. The highest BCUT2D eigenvalue weighted by molar-refractivity contribution is 6.06. The van der Waals surface area contributed by atoms with Crippen LogP contribution in [0.5, 0.6) is 0 Å². The van der Waals surface area contributed by atoms with Gasteiger partial charge in [0.05, 0.1) is 23.7 Å². The topological polar surface area (TPSA) is 113 Å². The van der Waals surface area contributed by atoms with Gasteiger partial charge in [0.15, 0.2) is 0 Å². The molecule has 0 aromatic heterocycles. The molecule has 7 heteroatoms. The molecule has 9 unspecified atom stereocenters. The van der Waals surface area contributed by atoms with E-state index in [4.69, 9.17) is 5.11 Å². The molecule has 4 aliphatic carbocycles. The molecule has 6 rings (SSSR count). The lowest BCUT2D eigenvalue weighted by molar-refractivity contribution is -0.128. The van der Waals surface area contributed by atoms with Crippen LogP contribution < -0.4 is 10.6 Å². The lowest BCUT2D eigenvalue weighted by Gasteiger charge is -2.26. The van der Waals surface area contributed by atoms with Crippen LogP contribution in [0.2, 0.25) is 0 Å². The average molecular weight is 372 g/mol. The molecule has 2 aliphatic heterocycles. The number of imide groups is 2. The van der Waals surface area contributed by atoms with Gasteiger partial charge in [0.25, 0.3) is 0 Å². The number of hydrogen-bond acceptors (Lipinski definition) is 5. The van der Waals surface area contributed by atoms with Gasteiger partial charge < -0.3 is 5.11 Å². The first-order chi connectivity index (χ1) is 12.9. The fourth-order valence-electron chi connectivity index (χ4n) is 7.02. The van der Waals surface area contributed by atoms with Gasteiger partial charge in [-0.1, -0.05) is 12.2 Å². The molecule has 27 heavy (non-hydrogen) atoms. The molecule has 6 aliphatic rings. The summed E-state index contributed by atoms with van der Waals surface area (Å²) in [7, 11) is 0. The summed E-state index contributed by atoms with van der Waals surface area (Å²) in [5.41, 5.74) is 1.18. The monoisotopic (exact) mass is 372 g/mol. The number of aliphatic hydroxyl groups excluding tert-OH is 1. The van der Waals surface area contributed by atoms with Crippen LogP contribution in [0.4, 0.5) is 0 Å². The molecular formula is C20H24N2O5. The third kappa shape index (κ3) is 2.24. The van der Waals surface area contributed by atoms with Crippen LogP contribution in [0.25, 0.3) is 0 Å². The zero-order valence-corrected chi connectivity index (χ0v) is 15.0. The third-order valence-corrected chi connectivity index (χ3v) is 8.01. The zero-order chi connectivity index (χ0) is 19.0. The molecule has 4 saturated carbocycles. The Morgan fingerprint density at radius 1 is 0.815 bits per heavy atom. The van der Waals surface area contributed by atoms with Gasteiger partial charge in [-0.3, -0.25) is 29.8 Å². The van der Waals surface area contributed by atoms with Crippen molar-refractivity contribution in [2.24, 2.45) is 53.3 Å². The van der Waals surface area contributed by atoms with Gasteiger partial charge >= 0.3 is 0 Å². The number of amides is 4. The van der Waals surface area contributed by atoms with E-state index >= 15 is 0 Å². The van der Waals surface area contributed by atoms with Crippen molar-refractivity contribution < 1.29 is 24.3 Å². The first-order valence-electron chi connectivity index (χ1n) is 9.88. The van der Waals surface area contributed by atoms with Crippen LogP contribution in [-0.4, -0.2) is 35.3 Å². The van der Waals surface area contributed by atoms with Crippen LogP contribution in [0.3, 0.4) is 0 Å². The Kier molecular flexibility index (Phi) is 3.63. The zero-order valence-electron chi connectivity index (χ0n) is 15.0. The normalized spacial score (nSPS) is 48.3. The second-order valence-electron chi connectivity index (χ2n) is 9.11. The number of carbonyl (C=O) groups excluding carboxylic acids is 4. The first kappa shape index (κ1) is 17.1. The standard InChI is InChI=1S/C10H13NO3.C10H11NO2/c12-3-5-1-4-2-6(5)8-7(4)9(13)11-10(8)14;1-4-2-5-3-6(4)8-7(5)9(12)11-10(8)13/h4-8,12H,1-3H2,(H,11,13,14);5-8H,1-3H2,(H,11,12,13). The lowest BCUT2D eigenvalue weighted by atomic mass is 9.75. The molecule has 144 valence electrons. The largest absolute Gasteiger partial charge is 0.396 e. The van der Waals surface area contributed by atoms with Crippen LogP contribution >= 0.6 is 0 Å². The van der Waals surface area contributed by atoms with Gasteiger partial charge in [0.1, 0.15) is 0 Å². The average Bonchev–Trinajstić information content (AvgIpc) is 3.41. The van der Waals surface area contributed by atoms with Crippen molar-refractivity contribution in [1.29, 1.82) is 0 Å². The van der Waals surface area contributed by atoms with E-state index in [9.17, 15) is 19.2 Å². The van der Waals surface area contributed by atoms with Gasteiger partial charge in [-0.15, -0.1) is 0 Å². The second-order valence-corrected chi connectivity index (χ2v) is 9.11. The Balaban J connectivity index is 0.000000119. The molecular weight excluding hydrogens is 348 g/mol. The molecule has 3 N–H and O–H groups in total. The van der Waals surface area contributed by atoms with E-state index in [-0.39, 0.29) is 65.7 Å². The lowest BCUT2D eigenvalue weighted by Crippen LogP contribution is -2.31. The maximum atomic E-state index is 11.5. The Labute approximate surface area is 156 Å². The van der Waals surface area contributed by atoms with Crippen molar-refractivity contribution in [3.05, 3.63) is 12.2 Å². The molecule has 2 heterocycles. The number of carbonyl (C=O) groups is 4. The van der Waals surface area contributed by atoms with Gasteiger partial charge in [-0.25, -0.2) is 0 Å². The molecule has 0 radical (unpaired) electrons. The smallest absolute Gasteiger partial charge is 0.231 e. The predicted molar refractivity (Wildman–Crippen MR) is 92.4 cm³/mol. The van der Waals surface area contributed by atoms with Crippen LogP contribution in [-0.2, 0) is 19.2 Å². The molecule has 2 saturated heterocycles. The van der Waals surface area contributed by atoms with Crippen molar-refractivity contribution in [2.45, 2.75) is 25.7 Å². The minimum absolute atomic E-state index is 0.0250. The molecule has 6 fully saturated rings. The number of nitrogens with one attached hydrogen (secondary N) is 2. The van der Waals surface area contributed by atoms with E-state index in [0.717, 1.165) is 25.7 Å². The first-order valence-corrected chi connectivity index (χ1v) is 9.88. The van der Waals surface area contributed by atoms with E-state index in [1.807, 2.05) is 0 Å². The van der Waals surface area contributed by atoms with Crippen LogP contribution in [0.1, 0.15) is 25.7 Å². The number of hydrogen-bond donors (Lipinski definition) is 3. The SMILES string of the molecule is C=C1CC2CC1C1C(=O)NC(=O)C21.O=C1NC(=O)C2C3CC(CC3CO)C12. The summed E-state index contributed by atoms with van der Waals surface area (Å²) in [6.45, 7) is 4.12. The number of fused-ring (bicyclic) bond motifs is 10. The fraction of sp³-hybridized carbons (Fsp3) is 0.700. The molecule has 4 amide bonds. The van der Waals surface area contributed by atoms with Crippen molar-refractivity contribution in [1.82, 2.24) is 10.6 Å². The van der Waals surface area contributed by atoms with E-state index in [1.54, 1.807) is 0 Å². The summed E-state index contributed by atoms with van der Waals surface area (Å²) >= 11 is 0. The van der Waals surface area contributed by atoms with Crippen molar-refractivity contribution in [2.75, 3.05) is 6.61 Å². The highest BCUT2D eigenvalue weighted by Crippen LogP contribution is 2.57. The number of allylic oxidation sites excluding steroid dienone is 1. The van der Waals surface area contributed by atoms with Crippen LogP contribution in [0, 0.1) is 53.3 Å². The minimum atomic E-state index is -0.126. The van der Waals surface area contributed by atoms with Crippen molar-refractivity contribution in [3.63, 3.8) is 0 Å². The highest BCUT2D eigenvalue weighted by Gasteiger charge is 2.61.